The van der Waals surface area contributed by atoms with Crippen molar-refractivity contribution in [2.24, 2.45) is 0 Å². The molecule has 0 aromatic heterocycles. The molecule has 0 N–H and O–H groups in total. The maximum Gasteiger partial charge on any atom is 0.334 e. The predicted octanol–water partition coefficient (Wildman–Crippen LogP) is 0.584. The third-order valence-corrected chi connectivity index (χ3v) is 0.972. The van der Waals surface area contributed by atoms with Crippen LogP contribution >= 0.6 is 0 Å². The number of hydrogen-bond acceptors (Lipinski definition) is 3. The summed E-state index contributed by atoms with van der Waals surface area (Å²) in [5, 5.41) is 0. The van der Waals surface area contributed by atoms with Crippen molar-refractivity contribution in [1.82, 2.24) is 0 Å². The van der Waals surface area contributed by atoms with Crippen molar-refractivity contribution >= 4 is 5.97 Å². The van der Waals surface area contributed by atoms with Crippen LogP contribution in [0.2, 0.25) is 0 Å². The highest BCUT2D eigenvalue weighted by Gasteiger charge is 2.10. The Kier molecular flexibility index (Phi) is 4.05. The average molecular weight is 132 g/mol. The van der Waals surface area contributed by atoms with E-state index in [1.165, 1.54) is 7.11 Å². The molecule has 54 valence electrons. The van der Waals surface area contributed by atoms with Gasteiger partial charge in [0.2, 0.25) is 0 Å². The summed E-state index contributed by atoms with van der Waals surface area (Å²) in [6, 6.07) is 0. The predicted molar refractivity (Wildman–Crippen MR) is 33.1 cm³/mol. The highest BCUT2D eigenvalue weighted by atomic mass is 16.6. The van der Waals surface area contributed by atoms with Crippen LogP contribution in [-0.4, -0.2) is 25.8 Å². The minimum absolute atomic E-state index is 0.306. The smallest absolute Gasteiger partial charge is 0.334 e. The van der Waals surface area contributed by atoms with Gasteiger partial charge in [-0.05, 0) is 13.8 Å². The fourth-order valence-electron chi connectivity index (χ4n) is 0.356. The molecule has 9 heavy (non-hydrogen) atoms. The van der Waals surface area contributed by atoms with Gasteiger partial charge in [0.05, 0.1) is 6.61 Å². The van der Waals surface area contributed by atoms with Gasteiger partial charge in [-0.2, -0.15) is 0 Å². The van der Waals surface area contributed by atoms with Crippen LogP contribution in [0.4, 0.5) is 0 Å². The van der Waals surface area contributed by atoms with E-state index in [0.717, 1.165) is 0 Å². The molecule has 0 aliphatic heterocycles. The Hall–Kier alpha value is -0.570. The Morgan fingerprint density at radius 1 is 1.67 bits per heavy atom. The van der Waals surface area contributed by atoms with Gasteiger partial charge in [0.1, 0.15) is 0 Å². The van der Waals surface area contributed by atoms with E-state index in [9.17, 15) is 4.79 Å². The molecule has 0 fully saturated rings. The van der Waals surface area contributed by atoms with E-state index in [0.29, 0.717) is 6.61 Å². The van der Waals surface area contributed by atoms with Crippen LogP contribution in [0.25, 0.3) is 0 Å². The zero-order valence-electron chi connectivity index (χ0n) is 6.01. The Morgan fingerprint density at radius 3 is 2.56 bits per heavy atom. The van der Waals surface area contributed by atoms with E-state index < -0.39 is 6.10 Å². The van der Waals surface area contributed by atoms with Crippen molar-refractivity contribution in [3.63, 3.8) is 0 Å². The first kappa shape index (κ1) is 8.43. The molecular weight excluding hydrogens is 120 g/mol. The molecule has 1 atom stereocenters. The molecule has 3 nitrogen and oxygen atoms in total. The lowest BCUT2D eigenvalue weighted by atomic mass is 10.4. The lowest BCUT2D eigenvalue weighted by Gasteiger charge is -2.06. The molecule has 3 heteroatoms. The van der Waals surface area contributed by atoms with Crippen LogP contribution in [0.1, 0.15) is 13.8 Å². The van der Waals surface area contributed by atoms with Crippen LogP contribution in [0.3, 0.4) is 0 Å². The molecule has 0 aliphatic carbocycles. The molecule has 1 unspecified atom stereocenters. The number of carbonyl (C=O) groups is 1. The van der Waals surface area contributed by atoms with Gasteiger partial charge in [-0.3, -0.25) is 0 Å². The van der Waals surface area contributed by atoms with Gasteiger partial charge in [0.25, 0.3) is 0 Å². The molecule has 0 heterocycles. The maximum atomic E-state index is 10.6. The summed E-state index contributed by atoms with van der Waals surface area (Å²) in [6.07, 6.45) is -0.440. The summed E-state index contributed by atoms with van der Waals surface area (Å²) < 4.78 is 9.32. The highest BCUT2D eigenvalue weighted by molar-refractivity contribution is 5.74. The van der Waals surface area contributed by atoms with Crippen molar-refractivity contribution in [2.45, 2.75) is 20.0 Å². The molecule has 0 amide bonds. The topological polar surface area (TPSA) is 35.5 Å². The fourth-order valence-corrected chi connectivity index (χ4v) is 0.356. The van der Waals surface area contributed by atoms with Gasteiger partial charge >= 0.3 is 5.97 Å². The van der Waals surface area contributed by atoms with E-state index in [-0.39, 0.29) is 5.97 Å². The molecule has 0 saturated heterocycles. The zero-order valence-corrected chi connectivity index (χ0v) is 6.01. The van der Waals surface area contributed by atoms with Crippen LogP contribution in [0, 0.1) is 0 Å². The van der Waals surface area contributed by atoms with Crippen molar-refractivity contribution in [3.8, 4) is 0 Å². The molecule has 0 spiro atoms. The van der Waals surface area contributed by atoms with E-state index in [1.807, 2.05) is 0 Å². The minimum Gasteiger partial charge on any atom is -0.464 e. The summed E-state index contributed by atoms with van der Waals surface area (Å²) >= 11 is 0. The van der Waals surface area contributed by atoms with Gasteiger partial charge in [0.15, 0.2) is 6.10 Å². The number of ether oxygens (including phenoxy) is 2. The first-order valence-corrected chi connectivity index (χ1v) is 2.91. The highest BCUT2D eigenvalue weighted by Crippen LogP contribution is 1.90. The first-order valence-electron chi connectivity index (χ1n) is 2.91. The van der Waals surface area contributed by atoms with Crippen LogP contribution in [-0.2, 0) is 14.3 Å². The van der Waals surface area contributed by atoms with E-state index >= 15 is 0 Å². The van der Waals surface area contributed by atoms with Crippen molar-refractivity contribution in [1.29, 1.82) is 0 Å². The number of esters is 1. The SMILES string of the molecule is CCOC(=O)C(C)OC. The summed E-state index contributed by atoms with van der Waals surface area (Å²) in [4.78, 5) is 10.6. The van der Waals surface area contributed by atoms with E-state index in [2.05, 4.69) is 9.47 Å². The van der Waals surface area contributed by atoms with E-state index in [1.54, 1.807) is 13.8 Å². The molecular formula is C6H12O3. The quantitative estimate of drug-likeness (QED) is 0.527. The minimum atomic E-state index is -0.440. The second-order valence-corrected chi connectivity index (χ2v) is 1.63. The number of methoxy groups -OCH3 is 1. The summed E-state index contributed by atoms with van der Waals surface area (Å²) in [5.74, 6) is -0.306. The number of carbonyl (C=O) groups excluding carboxylic acids is 1. The normalized spacial score (nSPS) is 12.8. The molecule has 0 saturated carbocycles. The van der Waals surface area contributed by atoms with Gasteiger partial charge in [-0.1, -0.05) is 0 Å². The second-order valence-electron chi connectivity index (χ2n) is 1.63. The van der Waals surface area contributed by atoms with E-state index in [4.69, 9.17) is 0 Å². The summed E-state index contributed by atoms with van der Waals surface area (Å²) in [5.41, 5.74) is 0. The lowest BCUT2D eigenvalue weighted by molar-refractivity contribution is -0.153. The Balaban J connectivity index is 3.46. The Labute approximate surface area is 55.0 Å². The van der Waals surface area contributed by atoms with Crippen molar-refractivity contribution in [2.75, 3.05) is 13.7 Å². The molecule has 0 bridgehead atoms. The fraction of sp³-hybridized carbons (Fsp3) is 0.833. The van der Waals surface area contributed by atoms with Crippen molar-refractivity contribution < 1.29 is 14.3 Å². The van der Waals surface area contributed by atoms with Crippen LogP contribution < -0.4 is 0 Å². The van der Waals surface area contributed by atoms with Gasteiger partial charge in [-0.15, -0.1) is 0 Å². The maximum absolute atomic E-state index is 10.6. The van der Waals surface area contributed by atoms with Gasteiger partial charge in [-0.25, -0.2) is 4.79 Å². The molecule has 0 radical (unpaired) electrons. The molecule has 0 aromatic rings. The standard InChI is InChI=1S/C6H12O3/c1-4-9-6(7)5(2)8-3/h5H,4H2,1-3H3. The average Bonchev–Trinajstić information content (AvgIpc) is 1.87. The third kappa shape index (κ3) is 3.08. The summed E-state index contributed by atoms with van der Waals surface area (Å²) in [7, 11) is 1.47. The zero-order chi connectivity index (χ0) is 7.28. The monoisotopic (exact) mass is 132 g/mol. The van der Waals surface area contributed by atoms with Gasteiger partial charge in [0, 0.05) is 7.11 Å². The molecule has 0 rings (SSSR count). The number of hydrogen-bond donors (Lipinski definition) is 0. The Bertz CT molecular complexity index is 90.3. The summed E-state index contributed by atoms with van der Waals surface area (Å²) in [6.45, 7) is 3.82. The van der Waals surface area contributed by atoms with Crippen LogP contribution in [0.15, 0.2) is 0 Å². The van der Waals surface area contributed by atoms with Crippen LogP contribution in [0.5, 0.6) is 0 Å². The molecule has 0 aliphatic rings. The van der Waals surface area contributed by atoms with Gasteiger partial charge < -0.3 is 9.47 Å². The van der Waals surface area contributed by atoms with Crippen molar-refractivity contribution in [3.05, 3.63) is 0 Å². The lowest BCUT2D eigenvalue weighted by Crippen LogP contribution is -2.21. The Morgan fingerprint density at radius 2 is 2.22 bits per heavy atom. The first-order chi connectivity index (χ1) is 4.22. The second kappa shape index (κ2) is 4.32. The molecule has 0 aromatic carbocycles. The third-order valence-electron chi connectivity index (χ3n) is 0.972. The number of rotatable bonds is 3. The largest absolute Gasteiger partial charge is 0.464 e.